The van der Waals surface area contributed by atoms with Gasteiger partial charge in [-0.3, -0.25) is 0 Å². The molecular weight excluding hydrogens is 346 g/mol. The quantitative estimate of drug-likeness (QED) is 0.762. The van der Waals surface area contributed by atoms with Gasteiger partial charge < -0.3 is 19.8 Å². The van der Waals surface area contributed by atoms with Gasteiger partial charge in [0.15, 0.2) is 0 Å². The smallest absolute Gasteiger partial charge is 0.0715 e. The average Bonchev–Trinajstić information content (AvgIpc) is 2.48. The van der Waals surface area contributed by atoms with Crippen LogP contribution in [0.3, 0.4) is 0 Å². The summed E-state index contributed by atoms with van der Waals surface area (Å²) >= 11 is 1.40. The first kappa shape index (κ1) is 21.0. The van der Waals surface area contributed by atoms with Gasteiger partial charge in [-0.15, -0.1) is 0 Å². The molecule has 0 unspecified atom stereocenters. The second kappa shape index (κ2) is 10.7. The monoisotopic (exact) mass is 363 g/mol. The zero-order valence-electron chi connectivity index (χ0n) is 13.6. The van der Waals surface area contributed by atoms with Crippen LogP contribution >= 0.6 is 0 Å². The fourth-order valence-electron chi connectivity index (χ4n) is 1.15. The zero-order chi connectivity index (χ0) is 17.9. The van der Waals surface area contributed by atoms with Crippen LogP contribution in [0, 0.1) is 0 Å². The molecule has 0 amide bonds. The van der Waals surface area contributed by atoms with Crippen molar-refractivity contribution >= 4 is 11.9 Å². The summed E-state index contributed by atoms with van der Waals surface area (Å²) in [5.74, 6) is -2.26. The van der Waals surface area contributed by atoms with Crippen LogP contribution in [0.25, 0.3) is 0 Å². The molecule has 0 aliphatic rings. The second-order valence-corrected chi connectivity index (χ2v) is 10.3. The number of hydrogen-bond donors (Lipinski definition) is 0. The number of rotatable bonds is 2. The van der Waals surface area contributed by atoms with Gasteiger partial charge in [-0.2, -0.15) is 0 Å². The van der Waals surface area contributed by atoms with Crippen molar-refractivity contribution in [1.29, 1.82) is 0 Å². The van der Waals surface area contributed by atoms with Gasteiger partial charge >= 0.3 is 43.1 Å². The molecule has 0 aliphatic heterocycles. The minimum atomic E-state index is -1.13. The summed E-state index contributed by atoms with van der Waals surface area (Å²) < 4.78 is 0.625. The Bertz CT molecular complexity index is 534. The first-order chi connectivity index (χ1) is 10.6. The van der Waals surface area contributed by atoms with E-state index >= 15 is 0 Å². The van der Waals surface area contributed by atoms with E-state index in [0.717, 1.165) is 0 Å². The van der Waals surface area contributed by atoms with E-state index in [1.807, 2.05) is 0 Å². The number of benzene rings is 2. The third-order valence-corrected chi connectivity index (χ3v) is 2.02. The molecule has 2 aromatic rings. The minimum Gasteiger partial charge on any atom is -0.545 e. The molecule has 0 saturated carbocycles. The minimum absolute atomic E-state index is 0.220. The van der Waals surface area contributed by atoms with E-state index in [-0.39, 0.29) is 11.1 Å². The Labute approximate surface area is 146 Å². The summed E-state index contributed by atoms with van der Waals surface area (Å²) in [6.07, 6.45) is 0. The van der Waals surface area contributed by atoms with Gasteiger partial charge in [0.25, 0.3) is 0 Å². The number of hydrogen-bond acceptors (Lipinski definition) is 4. The van der Waals surface area contributed by atoms with Gasteiger partial charge in [0, 0.05) is 0 Å². The van der Waals surface area contributed by atoms with Crippen molar-refractivity contribution in [2.75, 3.05) is 0 Å². The normalized spacial score (nSPS) is 9.61. The van der Waals surface area contributed by atoms with E-state index in [0.29, 0.717) is 4.01 Å². The van der Waals surface area contributed by atoms with Gasteiger partial charge in [0.1, 0.15) is 0 Å². The maximum absolute atomic E-state index is 10.1. The molecule has 0 fully saturated rings. The SMILES string of the molecule is C[C](C)(C)[Zn+2].O=C([O-])c1ccccc1.O=C([O-])c1ccccc1. The summed E-state index contributed by atoms with van der Waals surface area (Å²) in [4.78, 5) is 20.2. The van der Waals surface area contributed by atoms with Crippen LogP contribution in [0.5, 0.6) is 0 Å². The molecule has 2 aromatic carbocycles. The first-order valence-corrected chi connectivity index (χ1v) is 8.47. The van der Waals surface area contributed by atoms with Crippen LogP contribution < -0.4 is 10.2 Å². The van der Waals surface area contributed by atoms with Gasteiger partial charge in [-0.1, -0.05) is 60.7 Å². The van der Waals surface area contributed by atoms with Crippen molar-refractivity contribution in [2.45, 2.75) is 24.8 Å². The summed E-state index contributed by atoms with van der Waals surface area (Å²) in [6, 6.07) is 16.1. The summed E-state index contributed by atoms with van der Waals surface area (Å²) in [5.41, 5.74) is 0.440. The second-order valence-electron chi connectivity index (χ2n) is 5.87. The molecule has 0 spiro atoms. The molecule has 0 N–H and O–H groups in total. The molecule has 5 heteroatoms. The Kier molecular flexibility index (Phi) is 9.76. The Morgan fingerprint density at radius 3 is 1.09 bits per heavy atom. The fraction of sp³-hybridized carbons (Fsp3) is 0.222. The molecule has 0 bridgehead atoms. The van der Waals surface area contributed by atoms with Gasteiger partial charge in [-0.25, -0.2) is 0 Å². The molecule has 117 valence electrons. The van der Waals surface area contributed by atoms with Crippen molar-refractivity contribution < 1.29 is 38.1 Å². The molecule has 23 heavy (non-hydrogen) atoms. The van der Waals surface area contributed by atoms with Crippen LogP contribution in [0.15, 0.2) is 60.7 Å². The van der Waals surface area contributed by atoms with Crippen molar-refractivity contribution in [3.05, 3.63) is 71.8 Å². The van der Waals surface area contributed by atoms with E-state index in [9.17, 15) is 19.8 Å². The van der Waals surface area contributed by atoms with E-state index in [1.54, 1.807) is 36.4 Å². The topological polar surface area (TPSA) is 80.3 Å². The van der Waals surface area contributed by atoms with Crippen molar-refractivity contribution in [1.82, 2.24) is 0 Å². The molecular formula is C18H19O4Zn. The zero-order valence-corrected chi connectivity index (χ0v) is 16.6. The van der Waals surface area contributed by atoms with Crippen LogP contribution in [0.4, 0.5) is 0 Å². The van der Waals surface area contributed by atoms with E-state index in [4.69, 9.17) is 0 Å². The standard InChI is InChI=1S/2C7H6O2.C4H9.Zn/c2*8-7(9)6-4-2-1-3-5-6;1-4(2)3;/h2*1-5H,(H,8,9);1-3H3;/q;;;+2/p-2. The third kappa shape index (κ3) is 13.4. The van der Waals surface area contributed by atoms with Crippen LogP contribution in [0.1, 0.15) is 41.5 Å². The van der Waals surface area contributed by atoms with Crippen molar-refractivity contribution in [2.24, 2.45) is 0 Å². The van der Waals surface area contributed by atoms with Crippen molar-refractivity contribution in [3.8, 4) is 0 Å². The Balaban J connectivity index is 0.000000332. The predicted octanol–water partition coefficient (Wildman–Crippen LogP) is 1.85. The molecule has 0 saturated heterocycles. The maximum atomic E-state index is 10.1. The Morgan fingerprint density at radius 2 is 0.957 bits per heavy atom. The number of aromatic carboxylic acids is 2. The van der Waals surface area contributed by atoms with Gasteiger partial charge in [0.05, 0.1) is 11.9 Å². The number of carbonyl (C=O) groups is 2. The maximum Gasteiger partial charge on any atom is 0.0715 e. The Hall–Kier alpha value is -2.00. The van der Waals surface area contributed by atoms with E-state index in [2.05, 4.69) is 20.8 Å². The predicted molar refractivity (Wildman–Crippen MR) is 81.3 cm³/mol. The summed E-state index contributed by atoms with van der Waals surface area (Å²) in [7, 11) is 0. The summed E-state index contributed by atoms with van der Waals surface area (Å²) in [5, 5.41) is 20.2. The largest absolute Gasteiger partial charge is 0.545 e. The summed E-state index contributed by atoms with van der Waals surface area (Å²) in [6.45, 7) is 6.73. The molecule has 0 aliphatic carbocycles. The van der Waals surface area contributed by atoms with Crippen LogP contribution in [-0.4, -0.2) is 11.9 Å². The van der Waals surface area contributed by atoms with Gasteiger partial charge in [-0.05, 0) is 11.1 Å². The molecule has 0 heterocycles. The molecule has 2 rings (SSSR count). The average molecular weight is 365 g/mol. The van der Waals surface area contributed by atoms with Crippen LogP contribution in [0.2, 0.25) is 4.01 Å². The molecule has 0 radical (unpaired) electrons. The van der Waals surface area contributed by atoms with Crippen molar-refractivity contribution in [3.63, 3.8) is 0 Å². The first-order valence-electron chi connectivity index (χ1n) is 6.99. The molecule has 0 atom stereocenters. The number of carboxylic acid groups (broad SMARTS) is 2. The molecule has 4 nitrogen and oxygen atoms in total. The fourth-order valence-corrected chi connectivity index (χ4v) is 1.15. The third-order valence-electron chi connectivity index (χ3n) is 2.02. The van der Waals surface area contributed by atoms with Gasteiger partial charge in [0.2, 0.25) is 0 Å². The number of carboxylic acids is 2. The molecule has 0 aromatic heterocycles. The van der Waals surface area contributed by atoms with E-state index in [1.165, 1.54) is 42.6 Å². The van der Waals surface area contributed by atoms with Crippen LogP contribution in [-0.2, 0) is 18.3 Å². The Morgan fingerprint density at radius 1 is 0.739 bits per heavy atom. The van der Waals surface area contributed by atoms with E-state index < -0.39 is 11.9 Å². The number of carbonyl (C=O) groups excluding carboxylic acids is 2.